The average Bonchev–Trinajstić information content (AvgIpc) is 3.15. The van der Waals surface area contributed by atoms with E-state index < -0.39 is 5.97 Å². The van der Waals surface area contributed by atoms with Crippen molar-refractivity contribution >= 4 is 45.6 Å². The van der Waals surface area contributed by atoms with E-state index in [2.05, 4.69) is 4.98 Å². The number of aromatic nitrogens is 1. The third-order valence-electron chi connectivity index (χ3n) is 4.10. The molecule has 144 valence electrons. The first-order chi connectivity index (χ1) is 13.5. The van der Waals surface area contributed by atoms with Crippen LogP contribution in [0.5, 0.6) is 0 Å². The Hall–Kier alpha value is -2.70. The summed E-state index contributed by atoms with van der Waals surface area (Å²) in [5.41, 5.74) is 2.74. The van der Waals surface area contributed by atoms with Gasteiger partial charge in [0.15, 0.2) is 5.13 Å². The van der Waals surface area contributed by atoms with Crippen molar-refractivity contribution in [3.8, 4) is 0 Å². The van der Waals surface area contributed by atoms with Gasteiger partial charge in [-0.2, -0.15) is 0 Å². The fourth-order valence-electron chi connectivity index (χ4n) is 2.74. The maximum absolute atomic E-state index is 12.3. The second kappa shape index (κ2) is 8.99. The highest BCUT2D eigenvalue weighted by atomic mass is 35.5. The van der Waals surface area contributed by atoms with Gasteiger partial charge in [0.05, 0.1) is 22.0 Å². The molecule has 0 aliphatic rings. The second-order valence-electron chi connectivity index (χ2n) is 6.01. The van der Waals surface area contributed by atoms with Crippen LogP contribution >= 0.6 is 22.9 Å². The van der Waals surface area contributed by atoms with Crippen molar-refractivity contribution in [1.29, 1.82) is 0 Å². The molecule has 2 aromatic carbocycles. The Morgan fingerprint density at radius 3 is 2.57 bits per heavy atom. The molecule has 0 N–H and O–H groups in total. The van der Waals surface area contributed by atoms with E-state index in [1.54, 1.807) is 34.5 Å². The fourth-order valence-corrected chi connectivity index (χ4v) is 3.82. The third-order valence-corrected chi connectivity index (χ3v) is 5.31. The lowest BCUT2D eigenvalue weighted by atomic mass is 10.1. The molecule has 0 fully saturated rings. The molecule has 0 radical (unpaired) electrons. The number of hydrogen-bond donors (Lipinski definition) is 0. The summed E-state index contributed by atoms with van der Waals surface area (Å²) in [5, 5.41) is 2.65. The van der Waals surface area contributed by atoms with Crippen LogP contribution in [0.4, 0.5) is 10.8 Å². The van der Waals surface area contributed by atoms with Gasteiger partial charge in [-0.25, -0.2) is 9.78 Å². The monoisotopic (exact) mass is 414 g/mol. The van der Waals surface area contributed by atoms with Crippen molar-refractivity contribution < 1.29 is 14.3 Å². The summed E-state index contributed by atoms with van der Waals surface area (Å²) < 4.78 is 5.32. The zero-order valence-electron chi connectivity index (χ0n) is 15.5. The third kappa shape index (κ3) is 4.40. The topological polar surface area (TPSA) is 59.5 Å². The first kappa shape index (κ1) is 20.0. The van der Waals surface area contributed by atoms with Crippen molar-refractivity contribution in [3.05, 3.63) is 75.8 Å². The Morgan fingerprint density at radius 1 is 1.14 bits per heavy atom. The van der Waals surface area contributed by atoms with Gasteiger partial charge in [0, 0.05) is 12.3 Å². The van der Waals surface area contributed by atoms with Crippen LogP contribution in [-0.4, -0.2) is 16.9 Å². The Labute approximate surface area is 172 Å². The zero-order chi connectivity index (χ0) is 20.1. The molecule has 1 heterocycles. The molecule has 0 saturated heterocycles. The minimum atomic E-state index is -0.514. The number of thiazole rings is 1. The van der Waals surface area contributed by atoms with Crippen LogP contribution < -0.4 is 4.90 Å². The lowest BCUT2D eigenvalue weighted by molar-refractivity contribution is -0.115. The van der Waals surface area contributed by atoms with Gasteiger partial charge in [-0.3, -0.25) is 9.69 Å². The maximum atomic E-state index is 12.3. The van der Waals surface area contributed by atoms with Crippen molar-refractivity contribution in [1.82, 2.24) is 4.98 Å². The van der Waals surface area contributed by atoms with Crippen LogP contribution in [-0.2, 0) is 22.6 Å². The largest absolute Gasteiger partial charge is 0.456 e. The van der Waals surface area contributed by atoms with E-state index >= 15 is 0 Å². The van der Waals surface area contributed by atoms with Crippen LogP contribution in [0.1, 0.15) is 35.5 Å². The summed E-state index contributed by atoms with van der Waals surface area (Å²) in [6.45, 7) is 3.55. The molecule has 3 aromatic rings. The van der Waals surface area contributed by atoms with Gasteiger partial charge in [0.1, 0.15) is 6.61 Å². The molecule has 0 unspecified atom stereocenters. The molecular formula is C21H19ClN2O3S. The summed E-state index contributed by atoms with van der Waals surface area (Å²) in [4.78, 5) is 30.6. The number of carbonyl (C=O) groups is 2. The fraction of sp³-hybridized carbons (Fsp3) is 0.190. The van der Waals surface area contributed by atoms with Crippen LogP contribution in [0.2, 0.25) is 5.02 Å². The van der Waals surface area contributed by atoms with Gasteiger partial charge < -0.3 is 4.74 Å². The molecule has 7 heteroatoms. The van der Waals surface area contributed by atoms with E-state index in [1.165, 1.54) is 18.3 Å². The summed E-state index contributed by atoms with van der Waals surface area (Å²) in [5.74, 6) is -0.644. The van der Waals surface area contributed by atoms with Gasteiger partial charge in [-0.15, -0.1) is 11.3 Å². The van der Waals surface area contributed by atoms with Crippen LogP contribution in [0.15, 0.2) is 53.9 Å². The summed E-state index contributed by atoms with van der Waals surface area (Å²) in [6.07, 6.45) is 0.799. The quantitative estimate of drug-likeness (QED) is 0.506. The molecule has 0 saturated carbocycles. The van der Waals surface area contributed by atoms with Crippen molar-refractivity contribution in [2.24, 2.45) is 0 Å². The number of ether oxygens (including phenoxy) is 1. The molecule has 1 amide bonds. The molecule has 3 rings (SSSR count). The van der Waals surface area contributed by atoms with Gasteiger partial charge in [0.25, 0.3) is 0 Å². The van der Waals surface area contributed by atoms with Crippen LogP contribution in [0.3, 0.4) is 0 Å². The Kier molecular flexibility index (Phi) is 6.44. The molecule has 28 heavy (non-hydrogen) atoms. The number of benzene rings is 2. The highest BCUT2D eigenvalue weighted by molar-refractivity contribution is 7.14. The van der Waals surface area contributed by atoms with Crippen molar-refractivity contribution in [3.63, 3.8) is 0 Å². The predicted octanol–water partition coefficient (Wildman–Crippen LogP) is 5.40. The predicted molar refractivity (Wildman–Crippen MR) is 111 cm³/mol. The average molecular weight is 415 g/mol. The second-order valence-corrected chi connectivity index (χ2v) is 7.26. The van der Waals surface area contributed by atoms with E-state index in [1.807, 2.05) is 31.2 Å². The van der Waals surface area contributed by atoms with Gasteiger partial charge in [0.2, 0.25) is 5.91 Å². The lowest BCUT2D eigenvalue weighted by Crippen LogP contribution is -2.23. The van der Waals surface area contributed by atoms with E-state index in [-0.39, 0.29) is 12.5 Å². The number of anilines is 2. The molecule has 0 atom stereocenters. The smallest absolute Gasteiger partial charge is 0.340 e. The molecule has 1 aromatic heterocycles. The molecule has 0 aliphatic heterocycles. The minimum Gasteiger partial charge on any atom is -0.456 e. The lowest BCUT2D eigenvalue weighted by Gasteiger charge is -2.20. The number of aryl methyl sites for hydroxylation is 1. The van der Waals surface area contributed by atoms with Crippen LogP contribution in [0, 0.1) is 0 Å². The van der Waals surface area contributed by atoms with E-state index in [9.17, 15) is 9.59 Å². The number of rotatable bonds is 6. The molecule has 0 bridgehead atoms. The van der Waals surface area contributed by atoms with Gasteiger partial charge in [-0.05, 0) is 30.2 Å². The van der Waals surface area contributed by atoms with Gasteiger partial charge >= 0.3 is 5.97 Å². The first-order valence-corrected chi connectivity index (χ1v) is 10.0. The summed E-state index contributed by atoms with van der Waals surface area (Å²) >= 11 is 7.35. The highest BCUT2D eigenvalue weighted by Crippen LogP contribution is 2.32. The maximum Gasteiger partial charge on any atom is 0.340 e. The number of carbonyl (C=O) groups excluding carboxylic acids is 2. The Bertz CT molecular complexity index is 1000. The zero-order valence-corrected chi connectivity index (χ0v) is 17.1. The number of halogens is 1. The van der Waals surface area contributed by atoms with Crippen LogP contribution in [0.25, 0.3) is 0 Å². The Balaban J connectivity index is 1.77. The van der Waals surface area contributed by atoms with E-state index in [0.717, 1.165) is 17.7 Å². The van der Waals surface area contributed by atoms with Crippen molar-refractivity contribution in [2.75, 3.05) is 4.90 Å². The molecule has 0 aliphatic carbocycles. The van der Waals surface area contributed by atoms with Gasteiger partial charge in [-0.1, -0.05) is 48.9 Å². The Morgan fingerprint density at radius 2 is 1.86 bits per heavy atom. The SMILES string of the molecule is CCc1ccccc1N(C(C)=O)c1nc(COC(=O)c2ccccc2Cl)cs1. The standard InChI is InChI=1S/C21H19ClN2O3S/c1-3-15-8-4-7-11-19(15)24(14(2)25)21-23-16(13-28-21)12-27-20(26)17-9-5-6-10-18(17)22/h4-11,13H,3,12H2,1-2H3. The highest BCUT2D eigenvalue weighted by Gasteiger charge is 2.20. The molecule has 5 nitrogen and oxygen atoms in total. The number of nitrogens with zero attached hydrogens (tertiary/aromatic N) is 2. The molecular weight excluding hydrogens is 396 g/mol. The summed E-state index contributed by atoms with van der Waals surface area (Å²) in [6, 6.07) is 14.4. The number of hydrogen-bond acceptors (Lipinski definition) is 5. The number of amides is 1. The van der Waals surface area contributed by atoms with E-state index in [4.69, 9.17) is 16.3 Å². The number of esters is 1. The van der Waals surface area contributed by atoms with E-state index in [0.29, 0.717) is 21.4 Å². The minimum absolute atomic E-state index is 0.00171. The first-order valence-electron chi connectivity index (χ1n) is 8.76. The normalized spacial score (nSPS) is 10.5. The van der Waals surface area contributed by atoms with Crippen molar-refractivity contribution in [2.45, 2.75) is 26.9 Å². The summed E-state index contributed by atoms with van der Waals surface area (Å²) in [7, 11) is 0. The number of para-hydroxylation sites is 1. The molecule has 0 spiro atoms.